The van der Waals surface area contributed by atoms with Crippen LogP contribution in [0.25, 0.3) is 0 Å². The highest BCUT2D eigenvalue weighted by molar-refractivity contribution is 5.54. The van der Waals surface area contributed by atoms with Crippen molar-refractivity contribution in [3.8, 4) is 6.07 Å². The van der Waals surface area contributed by atoms with Gasteiger partial charge in [-0.15, -0.1) is 0 Å². The Morgan fingerprint density at radius 3 is 2.84 bits per heavy atom. The first-order valence-electron chi connectivity index (χ1n) is 7.12. The summed E-state index contributed by atoms with van der Waals surface area (Å²) in [6.45, 7) is 6.96. The Morgan fingerprint density at radius 2 is 2.26 bits per heavy atom. The number of anilines is 1. The van der Waals surface area contributed by atoms with E-state index in [2.05, 4.69) is 37.1 Å². The Kier molecular flexibility index (Phi) is 3.80. The minimum atomic E-state index is 0.367. The van der Waals surface area contributed by atoms with Gasteiger partial charge in [0.2, 0.25) is 0 Å². The number of nitriles is 1. The second-order valence-electron chi connectivity index (χ2n) is 6.13. The van der Waals surface area contributed by atoms with Crippen LogP contribution < -0.4 is 5.32 Å². The molecule has 1 atom stereocenters. The van der Waals surface area contributed by atoms with Crippen molar-refractivity contribution in [1.82, 2.24) is 4.98 Å². The Morgan fingerprint density at radius 1 is 1.53 bits per heavy atom. The molecule has 0 saturated heterocycles. The number of aryl methyl sites for hydroxylation is 1. The van der Waals surface area contributed by atoms with E-state index < -0.39 is 0 Å². The zero-order valence-electron chi connectivity index (χ0n) is 12.4. The smallest absolute Gasteiger partial charge is 0.143 e. The van der Waals surface area contributed by atoms with Gasteiger partial charge in [-0.2, -0.15) is 5.26 Å². The average molecular weight is 257 g/mol. The van der Waals surface area contributed by atoms with E-state index in [1.165, 1.54) is 24.1 Å². The van der Waals surface area contributed by atoms with Gasteiger partial charge < -0.3 is 5.32 Å². The molecule has 0 bridgehead atoms. The van der Waals surface area contributed by atoms with Crippen molar-refractivity contribution < 1.29 is 0 Å². The summed E-state index contributed by atoms with van der Waals surface area (Å²) in [5.74, 6) is 1.41. The molecule has 1 aliphatic carbocycles. The zero-order chi connectivity index (χ0) is 14.0. The molecule has 0 saturated carbocycles. The zero-order valence-corrected chi connectivity index (χ0v) is 12.4. The predicted octanol–water partition coefficient (Wildman–Crippen LogP) is 3.54. The van der Waals surface area contributed by atoms with Crippen LogP contribution in [0.15, 0.2) is 6.07 Å². The van der Waals surface area contributed by atoms with E-state index in [4.69, 9.17) is 0 Å². The van der Waals surface area contributed by atoms with Crippen molar-refractivity contribution in [3.63, 3.8) is 0 Å². The fraction of sp³-hybridized carbons (Fsp3) is 0.625. The van der Waals surface area contributed by atoms with E-state index in [9.17, 15) is 5.26 Å². The van der Waals surface area contributed by atoms with Gasteiger partial charge in [-0.25, -0.2) is 4.98 Å². The molecule has 1 N–H and O–H groups in total. The molecule has 1 aromatic rings. The second-order valence-corrected chi connectivity index (χ2v) is 6.13. The molecule has 1 aliphatic rings. The summed E-state index contributed by atoms with van der Waals surface area (Å²) in [4.78, 5) is 4.61. The summed E-state index contributed by atoms with van der Waals surface area (Å²) in [7, 11) is 1.82. The molecule has 1 aromatic heterocycles. The lowest BCUT2D eigenvalue weighted by molar-refractivity contribution is 0.182. The van der Waals surface area contributed by atoms with Crippen LogP contribution in [0.1, 0.15) is 50.4 Å². The number of aromatic nitrogens is 1. The minimum Gasteiger partial charge on any atom is -0.372 e. The van der Waals surface area contributed by atoms with E-state index in [0.717, 1.165) is 18.7 Å². The van der Waals surface area contributed by atoms with Crippen molar-refractivity contribution >= 4 is 5.82 Å². The quantitative estimate of drug-likeness (QED) is 0.901. The Hall–Kier alpha value is -1.56. The molecule has 1 unspecified atom stereocenters. The van der Waals surface area contributed by atoms with Crippen LogP contribution in [-0.2, 0) is 12.8 Å². The van der Waals surface area contributed by atoms with Crippen molar-refractivity contribution in [2.75, 3.05) is 12.4 Å². The summed E-state index contributed by atoms with van der Waals surface area (Å²) in [5.41, 5.74) is 3.47. The van der Waals surface area contributed by atoms with E-state index >= 15 is 0 Å². The molecule has 1 heterocycles. The van der Waals surface area contributed by atoms with Gasteiger partial charge in [-0.1, -0.05) is 27.2 Å². The van der Waals surface area contributed by atoms with Gasteiger partial charge in [-0.05, 0) is 42.2 Å². The maximum absolute atomic E-state index is 9.19. The number of hydrogen-bond acceptors (Lipinski definition) is 3. The molecule has 19 heavy (non-hydrogen) atoms. The first-order valence-corrected chi connectivity index (χ1v) is 7.12. The average Bonchev–Trinajstić information content (AvgIpc) is 2.44. The van der Waals surface area contributed by atoms with Crippen molar-refractivity contribution in [2.45, 2.75) is 46.5 Å². The summed E-state index contributed by atoms with van der Waals surface area (Å²) in [5, 5.41) is 12.2. The lowest BCUT2D eigenvalue weighted by atomic mass is 9.69. The molecule has 0 amide bonds. The monoisotopic (exact) mass is 257 g/mol. The van der Waals surface area contributed by atoms with E-state index in [1.807, 2.05) is 13.1 Å². The normalized spacial score (nSPS) is 18.6. The molecular weight excluding hydrogens is 234 g/mol. The Bertz CT molecular complexity index is 511. The van der Waals surface area contributed by atoms with Crippen LogP contribution in [-0.4, -0.2) is 12.0 Å². The van der Waals surface area contributed by atoms with Gasteiger partial charge >= 0.3 is 0 Å². The molecule has 2 rings (SSSR count). The SMILES string of the molecule is CCC(C)(C)C1CCc2nc(NC)c(C#N)cc2C1. The maximum Gasteiger partial charge on any atom is 0.143 e. The number of nitrogens with one attached hydrogen (secondary N) is 1. The second kappa shape index (κ2) is 5.21. The molecule has 0 radical (unpaired) electrons. The fourth-order valence-electron chi connectivity index (χ4n) is 2.90. The number of fused-ring (bicyclic) bond motifs is 1. The van der Waals surface area contributed by atoms with Crippen LogP contribution in [0.4, 0.5) is 5.82 Å². The highest BCUT2D eigenvalue weighted by Crippen LogP contribution is 2.39. The summed E-state index contributed by atoms with van der Waals surface area (Å²) in [6, 6.07) is 4.27. The fourth-order valence-corrected chi connectivity index (χ4v) is 2.90. The van der Waals surface area contributed by atoms with Gasteiger partial charge in [0.25, 0.3) is 0 Å². The summed E-state index contributed by atoms with van der Waals surface area (Å²) >= 11 is 0. The maximum atomic E-state index is 9.19. The van der Waals surface area contributed by atoms with E-state index in [0.29, 0.717) is 16.9 Å². The first-order chi connectivity index (χ1) is 9.01. The van der Waals surface area contributed by atoms with Gasteiger partial charge in [0.05, 0.1) is 5.56 Å². The standard InChI is InChI=1S/C16H23N3/c1-5-16(2,3)13-6-7-14-11(9-13)8-12(10-17)15(18-4)19-14/h8,13H,5-7,9H2,1-4H3,(H,18,19). The number of nitrogens with zero attached hydrogens (tertiary/aromatic N) is 2. The van der Waals surface area contributed by atoms with Crippen LogP contribution in [0.2, 0.25) is 0 Å². The lowest BCUT2D eigenvalue weighted by Crippen LogP contribution is -2.29. The minimum absolute atomic E-state index is 0.367. The topological polar surface area (TPSA) is 48.7 Å². The highest BCUT2D eigenvalue weighted by Gasteiger charge is 2.31. The molecule has 3 heteroatoms. The highest BCUT2D eigenvalue weighted by atomic mass is 15.0. The first kappa shape index (κ1) is 13.9. The third-order valence-corrected chi connectivity index (χ3v) is 4.76. The van der Waals surface area contributed by atoms with Gasteiger partial charge in [0.15, 0.2) is 0 Å². The molecular formula is C16H23N3. The summed E-state index contributed by atoms with van der Waals surface area (Å²) < 4.78 is 0. The Balaban J connectivity index is 2.33. The summed E-state index contributed by atoms with van der Waals surface area (Å²) in [6.07, 6.45) is 4.49. The number of pyridine rings is 1. The van der Waals surface area contributed by atoms with Crippen LogP contribution >= 0.6 is 0 Å². The number of rotatable bonds is 3. The van der Waals surface area contributed by atoms with E-state index in [1.54, 1.807) is 0 Å². The van der Waals surface area contributed by atoms with Gasteiger partial charge in [0.1, 0.15) is 11.9 Å². The van der Waals surface area contributed by atoms with Crippen LogP contribution in [0.3, 0.4) is 0 Å². The van der Waals surface area contributed by atoms with E-state index in [-0.39, 0.29) is 0 Å². The van der Waals surface area contributed by atoms with Crippen molar-refractivity contribution in [1.29, 1.82) is 5.26 Å². The largest absolute Gasteiger partial charge is 0.372 e. The van der Waals surface area contributed by atoms with Crippen LogP contribution in [0.5, 0.6) is 0 Å². The molecule has 102 valence electrons. The Labute approximate surface area is 116 Å². The van der Waals surface area contributed by atoms with Crippen LogP contribution in [0, 0.1) is 22.7 Å². The lowest BCUT2D eigenvalue weighted by Gasteiger charge is -2.37. The molecule has 0 spiro atoms. The van der Waals surface area contributed by atoms with Gasteiger partial charge in [-0.3, -0.25) is 0 Å². The molecule has 0 fully saturated rings. The molecule has 0 aromatic carbocycles. The van der Waals surface area contributed by atoms with Crippen molar-refractivity contribution in [3.05, 3.63) is 22.9 Å². The molecule has 0 aliphatic heterocycles. The molecule has 3 nitrogen and oxygen atoms in total. The van der Waals surface area contributed by atoms with Gasteiger partial charge in [0, 0.05) is 12.7 Å². The number of hydrogen-bond donors (Lipinski definition) is 1. The van der Waals surface area contributed by atoms with Crippen molar-refractivity contribution in [2.24, 2.45) is 11.3 Å². The third kappa shape index (κ3) is 2.58. The third-order valence-electron chi connectivity index (χ3n) is 4.76. The predicted molar refractivity (Wildman–Crippen MR) is 78.1 cm³/mol.